The van der Waals surface area contributed by atoms with E-state index in [-0.39, 0.29) is 55.5 Å². The fourth-order valence-corrected chi connectivity index (χ4v) is 5.22. The van der Waals surface area contributed by atoms with Gasteiger partial charge < -0.3 is 28.6 Å². The van der Waals surface area contributed by atoms with E-state index in [1.807, 2.05) is 12.2 Å². The van der Waals surface area contributed by atoms with Crippen molar-refractivity contribution in [1.82, 2.24) is 0 Å². The average Bonchev–Trinajstić information content (AvgIpc) is 3.11. The second-order valence-electron chi connectivity index (χ2n) is 14.2. The molecule has 0 heterocycles. The summed E-state index contributed by atoms with van der Waals surface area (Å²) in [6, 6.07) is -0.741. The summed E-state index contributed by atoms with van der Waals surface area (Å²) in [7, 11) is 5.36. The van der Waals surface area contributed by atoms with Crippen LogP contribution >= 0.6 is 0 Å². The second kappa shape index (κ2) is 35.5. The van der Waals surface area contributed by atoms with Gasteiger partial charge in [0, 0.05) is 19.3 Å². The number of carboxylic acid groups (broad SMARTS) is 1. The lowest BCUT2D eigenvalue weighted by Crippen LogP contribution is -2.55. The second-order valence-corrected chi connectivity index (χ2v) is 14.2. The summed E-state index contributed by atoms with van der Waals surface area (Å²) in [4.78, 5) is 36.7. The van der Waals surface area contributed by atoms with Crippen LogP contribution in [0.2, 0.25) is 0 Å². The first-order chi connectivity index (χ1) is 25.6. The van der Waals surface area contributed by atoms with Gasteiger partial charge in [-0.05, 0) is 64.2 Å². The van der Waals surface area contributed by atoms with Crippen LogP contribution in [0, 0.1) is 0 Å². The third kappa shape index (κ3) is 34.1. The zero-order valence-corrected chi connectivity index (χ0v) is 33.9. The van der Waals surface area contributed by atoms with Crippen LogP contribution in [-0.4, -0.2) is 75.5 Å². The number of hydrogen-bond acceptors (Lipinski definition) is 7. The smallest absolute Gasteiger partial charge is 0.306 e. The molecule has 0 amide bonds. The Labute approximate surface area is 323 Å². The summed E-state index contributed by atoms with van der Waals surface area (Å²) in [5.74, 6) is -1.85. The highest BCUT2D eigenvalue weighted by molar-refractivity contribution is 5.70. The van der Waals surface area contributed by atoms with E-state index < -0.39 is 18.1 Å². The van der Waals surface area contributed by atoms with Crippen molar-refractivity contribution in [1.29, 1.82) is 0 Å². The minimum atomic E-state index is -1.14. The SMILES string of the molecule is CC/C=C/C/C=C/C/C=C/CCCC(=O)OCC(COCCC(C(=O)[O-])[N+](C)(C)C)OC(=O)CCCCCCC/C=C/C=C/C=C/C=C/CCCCC. The van der Waals surface area contributed by atoms with Crippen molar-refractivity contribution < 1.29 is 38.2 Å². The highest BCUT2D eigenvalue weighted by atomic mass is 16.6. The molecule has 300 valence electrons. The van der Waals surface area contributed by atoms with Crippen molar-refractivity contribution in [2.24, 2.45) is 0 Å². The molecule has 0 rings (SSSR count). The van der Waals surface area contributed by atoms with Crippen LogP contribution in [0.1, 0.15) is 129 Å². The molecular weight excluding hydrogens is 666 g/mol. The molecule has 2 unspecified atom stereocenters. The largest absolute Gasteiger partial charge is 0.544 e. The summed E-state index contributed by atoms with van der Waals surface area (Å²) in [5.41, 5.74) is 0. The van der Waals surface area contributed by atoms with Crippen molar-refractivity contribution in [3.8, 4) is 0 Å². The molecule has 0 aliphatic heterocycles. The molecule has 0 radical (unpaired) electrons. The molecule has 0 saturated carbocycles. The van der Waals surface area contributed by atoms with Crippen molar-refractivity contribution in [2.45, 2.75) is 142 Å². The minimum Gasteiger partial charge on any atom is -0.544 e. The molecule has 0 aliphatic carbocycles. The van der Waals surface area contributed by atoms with Gasteiger partial charge in [0.2, 0.25) is 0 Å². The van der Waals surface area contributed by atoms with Crippen LogP contribution in [0.3, 0.4) is 0 Å². The topological polar surface area (TPSA) is 102 Å². The van der Waals surface area contributed by atoms with Gasteiger partial charge in [0.15, 0.2) is 6.10 Å². The predicted molar refractivity (Wildman–Crippen MR) is 217 cm³/mol. The van der Waals surface area contributed by atoms with Crippen molar-refractivity contribution in [3.63, 3.8) is 0 Å². The molecule has 0 spiro atoms. The zero-order valence-electron chi connectivity index (χ0n) is 33.9. The zero-order chi connectivity index (χ0) is 39.3. The Morgan fingerprint density at radius 2 is 1.15 bits per heavy atom. The number of carbonyl (C=O) groups is 3. The van der Waals surface area contributed by atoms with Crippen LogP contribution in [0.4, 0.5) is 0 Å². The van der Waals surface area contributed by atoms with Crippen LogP contribution in [-0.2, 0) is 28.6 Å². The van der Waals surface area contributed by atoms with Gasteiger partial charge in [-0.25, -0.2) is 0 Å². The number of ether oxygens (including phenoxy) is 3. The number of carbonyl (C=O) groups excluding carboxylic acids is 3. The third-order valence-electron chi connectivity index (χ3n) is 8.36. The number of nitrogens with zero attached hydrogens (tertiary/aromatic N) is 1. The molecule has 8 nitrogen and oxygen atoms in total. The standard InChI is InChI=1S/C45H73NO7/c1-6-8-10-12-14-16-18-19-20-21-22-23-24-26-28-30-32-34-36-44(48)53-41(39-51-38-37-42(45(49)50)46(3,4)5)40-52-43(47)35-33-31-29-27-25-17-15-13-11-9-7-2/h9,11,14-23,27,29,41-42H,6-8,10,12-13,24-26,28,30-40H2,1-5H3/b11-9+,16-14+,17-15+,19-18+,21-20+,23-22+,29-27+. The lowest BCUT2D eigenvalue weighted by atomic mass is 10.1. The molecule has 0 N–H and O–H groups in total. The number of quaternary nitrogens is 1. The summed E-state index contributed by atoms with van der Waals surface area (Å²) in [6.07, 6.45) is 44.7. The molecule has 0 aromatic heterocycles. The lowest BCUT2D eigenvalue weighted by molar-refractivity contribution is -0.889. The normalized spacial score (nSPS) is 13.9. The van der Waals surface area contributed by atoms with E-state index in [4.69, 9.17) is 14.2 Å². The van der Waals surface area contributed by atoms with E-state index in [1.165, 1.54) is 19.3 Å². The Morgan fingerprint density at radius 1 is 0.604 bits per heavy atom. The Balaban J connectivity index is 4.52. The first kappa shape index (κ1) is 49.5. The fourth-order valence-electron chi connectivity index (χ4n) is 5.22. The van der Waals surface area contributed by atoms with E-state index in [9.17, 15) is 19.5 Å². The van der Waals surface area contributed by atoms with E-state index >= 15 is 0 Å². The molecule has 0 aliphatic rings. The number of aliphatic carboxylic acids is 1. The summed E-state index contributed by atoms with van der Waals surface area (Å²) < 4.78 is 17.0. The van der Waals surface area contributed by atoms with Crippen LogP contribution < -0.4 is 5.11 Å². The molecule has 0 saturated heterocycles. The number of carboxylic acids is 1. The number of allylic oxidation sites excluding steroid dienone is 14. The maximum Gasteiger partial charge on any atom is 0.306 e. The first-order valence-corrected chi connectivity index (χ1v) is 20.2. The van der Waals surface area contributed by atoms with Gasteiger partial charge >= 0.3 is 11.9 Å². The molecule has 0 aromatic rings. The summed E-state index contributed by atoms with van der Waals surface area (Å²) >= 11 is 0. The van der Waals surface area contributed by atoms with Gasteiger partial charge in [-0.15, -0.1) is 0 Å². The number of likely N-dealkylation sites (N-methyl/N-ethyl adjacent to an activating group) is 1. The van der Waals surface area contributed by atoms with Crippen molar-refractivity contribution in [3.05, 3.63) is 85.1 Å². The Morgan fingerprint density at radius 3 is 1.77 bits per heavy atom. The van der Waals surface area contributed by atoms with Gasteiger partial charge in [0.05, 0.1) is 40.3 Å². The Bertz CT molecular complexity index is 1140. The molecule has 0 bridgehead atoms. The predicted octanol–water partition coefficient (Wildman–Crippen LogP) is 9.24. The van der Waals surface area contributed by atoms with Crippen LogP contribution in [0.15, 0.2) is 85.1 Å². The Hall–Kier alpha value is -3.49. The molecule has 0 fully saturated rings. The fraction of sp³-hybridized carbons (Fsp3) is 0.622. The Kier molecular flexibility index (Phi) is 33.2. The van der Waals surface area contributed by atoms with Gasteiger partial charge in [0.1, 0.15) is 12.6 Å². The number of rotatable bonds is 34. The molecular formula is C45H73NO7. The van der Waals surface area contributed by atoms with Gasteiger partial charge in [-0.1, -0.05) is 131 Å². The monoisotopic (exact) mass is 740 g/mol. The van der Waals surface area contributed by atoms with E-state index in [2.05, 4.69) is 86.8 Å². The van der Waals surface area contributed by atoms with Crippen molar-refractivity contribution >= 4 is 17.9 Å². The van der Waals surface area contributed by atoms with Gasteiger partial charge in [-0.2, -0.15) is 0 Å². The molecule has 8 heteroatoms. The van der Waals surface area contributed by atoms with Crippen LogP contribution in [0.25, 0.3) is 0 Å². The van der Waals surface area contributed by atoms with Crippen molar-refractivity contribution in [2.75, 3.05) is 41.0 Å². The van der Waals surface area contributed by atoms with E-state index in [1.54, 1.807) is 21.1 Å². The summed E-state index contributed by atoms with van der Waals surface area (Å²) in [6.45, 7) is 4.39. The van der Waals surface area contributed by atoms with E-state index in [0.29, 0.717) is 6.42 Å². The molecule has 2 atom stereocenters. The lowest BCUT2D eigenvalue weighted by Gasteiger charge is -2.34. The average molecular weight is 740 g/mol. The molecule has 0 aromatic carbocycles. The number of hydrogen-bond donors (Lipinski definition) is 0. The number of esters is 2. The third-order valence-corrected chi connectivity index (χ3v) is 8.36. The highest BCUT2D eigenvalue weighted by Gasteiger charge is 2.25. The highest BCUT2D eigenvalue weighted by Crippen LogP contribution is 2.11. The minimum absolute atomic E-state index is 0.00951. The summed E-state index contributed by atoms with van der Waals surface area (Å²) in [5, 5.41) is 11.6. The van der Waals surface area contributed by atoms with Crippen LogP contribution in [0.5, 0.6) is 0 Å². The van der Waals surface area contributed by atoms with Gasteiger partial charge in [0.25, 0.3) is 0 Å². The first-order valence-electron chi connectivity index (χ1n) is 20.2. The molecule has 53 heavy (non-hydrogen) atoms. The maximum atomic E-state index is 12.7. The number of unbranched alkanes of at least 4 members (excludes halogenated alkanes) is 9. The van der Waals surface area contributed by atoms with E-state index in [0.717, 1.165) is 70.6 Å². The van der Waals surface area contributed by atoms with Gasteiger partial charge in [-0.3, -0.25) is 9.59 Å². The quantitative estimate of drug-likeness (QED) is 0.0213. The maximum absolute atomic E-state index is 12.7.